The van der Waals surface area contributed by atoms with E-state index in [1.54, 1.807) is 18.4 Å². The van der Waals surface area contributed by atoms with E-state index in [0.29, 0.717) is 0 Å². The molecule has 0 saturated carbocycles. The van der Waals surface area contributed by atoms with E-state index in [-0.39, 0.29) is 58.6 Å². The highest BCUT2D eigenvalue weighted by Crippen LogP contribution is 2.44. The molecule has 0 radical (unpaired) electrons. The molecule has 12 nitrogen and oxygen atoms in total. The standard InChI is InChI=1S/C21H34N8O4Si/c1-11(2)17(30)26-20-25-16-14(18(31)27-20)23-10-29(16)19-15(33-34(7,8)21(4,5)6)12(3)13(32-19)9-24-28-22/h10-13,15,19H,9H2,1-8H3,(H2,25,26,27,30,31)/t12-,13-,15-,19-/m1/s1. The number of aromatic amines is 1. The molecule has 0 unspecified atom stereocenters. The van der Waals surface area contributed by atoms with E-state index in [9.17, 15) is 9.59 Å². The summed E-state index contributed by atoms with van der Waals surface area (Å²) in [5.41, 5.74) is 8.74. The normalized spacial score (nSPS) is 23.3. The molecule has 1 amide bonds. The van der Waals surface area contributed by atoms with Crippen LogP contribution in [0.3, 0.4) is 0 Å². The number of nitrogens with zero attached hydrogens (tertiary/aromatic N) is 6. The number of hydrogen-bond acceptors (Lipinski definition) is 7. The maximum absolute atomic E-state index is 12.6. The monoisotopic (exact) mass is 490 g/mol. The van der Waals surface area contributed by atoms with E-state index >= 15 is 0 Å². The number of H-pyrrole nitrogens is 1. The SMILES string of the molecule is CC(C)C(=O)Nc1nc2c(ncn2[C@@H]2O[C@H](CN=[N+]=[N-])[C@@H](C)[C@H]2O[Si](C)(C)C(C)(C)C)c(=O)[nH]1. The first-order chi connectivity index (χ1) is 15.8. The minimum Gasteiger partial charge on any atom is -0.409 e. The molecule has 2 aromatic rings. The minimum absolute atomic E-state index is 0.0384. The molecule has 1 aliphatic rings. The Labute approximate surface area is 199 Å². The maximum Gasteiger partial charge on any atom is 0.280 e. The Balaban J connectivity index is 2.07. The molecule has 3 heterocycles. The Hall–Kier alpha value is -2.73. The molecule has 0 aromatic carbocycles. The lowest BCUT2D eigenvalue weighted by molar-refractivity contribution is -0.118. The van der Waals surface area contributed by atoms with Gasteiger partial charge in [-0.15, -0.1) is 0 Å². The maximum atomic E-state index is 12.6. The van der Waals surface area contributed by atoms with Crippen molar-refractivity contribution in [1.82, 2.24) is 19.5 Å². The lowest BCUT2D eigenvalue weighted by Crippen LogP contribution is -2.46. The van der Waals surface area contributed by atoms with Crippen molar-refractivity contribution < 1.29 is 14.0 Å². The quantitative estimate of drug-likeness (QED) is 0.259. The summed E-state index contributed by atoms with van der Waals surface area (Å²) in [6, 6.07) is 0. The molecular formula is C21H34N8O4Si. The largest absolute Gasteiger partial charge is 0.409 e. The molecule has 2 N–H and O–H groups in total. The first-order valence-electron chi connectivity index (χ1n) is 11.4. The van der Waals surface area contributed by atoms with Gasteiger partial charge >= 0.3 is 0 Å². The molecule has 0 bridgehead atoms. The Morgan fingerprint density at radius 1 is 1.44 bits per heavy atom. The van der Waals surface area contributed by atoms with Gasteiger partial charge in [0.05, 0.1) is 25.1 Å². The molecule has 0 aliphatic carbocycles. The number of imidazole rings is 1. The second-order valence-electron chi connectivity index (χ2n) is 10.6. The topological polar surface area (TPSA) is 160 Å². The molecule has 186 valence electrons. The summed E-state index contributed by atoms with van der Waals surface area (Å²) in [6.07, 6.45) is 0.0918. The van der Waals surface area contributed by atoms with Crippen molar-refractivity contribution in [3.63, 3.8) is 0 Å². The molecule has 4 atom stereocenters. The molecule has 2 aromatic heterocycles. The fourth-order valence-electron chi connectivity index (χ4n) is 3.52. The van der Waals surface area contributed by atoms with E-state index in [2.05, 4.69) is 64.2 Å². The summed E-state index contributed by atoms with van der Waals surface area (Å²) in [6.45, 7) is 16.4. The number of azide groups is 1. The number of ether oxygens (including phenoxy) is 1. The Morgan fingerprint density at radius 3 is 2.71 bits per heavy atom. The summed E-state index contributed by atoms with van der Waals surface area (Å²) >= 11 is 0. The smallest absolute Gasteiger partial charge is 0.280 e. The number of hydrogen-bond donors (Lipinski definition) is 2. The van der Waals surface area contributed by atoms with Crippen molar-refractivity contribution in [3.8, 4) is 0 Å². The molecule has 1 saturated heterocycles. The second kappa shape index (κ2) is 9.49. The van der Waals surface area contributed by atoms with Crippen LogP contribution >= 0.6 is 0 Å². The van der Waals surface area contributed by atoms with Crippen LogP contribution in [0.15, 0.2) is 16.2 Å². The third-order valence-electron chi connectivity index (χ3n) is 6.73. The van der Waals surface area contributed by atoms with Gasteiger partial charge in [0.15, 0.2) is 25.7 Å². The van der Waals surface area contributed by atoms with E-state index in [1.807, 2.05) is 6.92 Å². The van der Waals surface area contributed by atoms with Crippen LogP contribution in [0.1, 0.15) is 47.8 Å². The van der Waals surface area contributed by atoms with Crippen LogP contribution in [0, 0.1) is 11.8 Å². The average Bonchev–Trinajstić information content (AvgIpc) is 3.27. The van der Waals surface area contributed by atoms with Gasteiger partial charge in [-0.2, -0.15) is 4.98 Å². The van der Waals surface area contributed by atoms with Crippen LogP contribution in [0.25, 0.3) is 21.6 Å². The Morgan fingerprint density at radius 2 is 2.12 bits per heavy atom. The summed E-state index contributed by atoms with van der Waals surface area (Å²) in [7, 11) is -2.21. The van der Waals surface area contributed by atoms with Gasteiger partial charge in [0.25, 0.3) is 5.56 Å². The lowest BCUT2D eigenvalue weighted by Gasteiger charge is -2.40. The van der Waals surface area contributed by atoms with Crippen molar-refractivity contribution in [3.05, 3.63) is 27.1 Å². The molecule has 1 aliphatic heterocycles. The average molecular weight is 491 g/mol. The summed E-state index contributed by atoms with van der Waals surface area (Å²) < 4.78 is 14.8. The van der Waals surface area contributed by atoms with Gasteiger partial charge in [0.1, 0.15) is 0 Å². The summed E-state index contributed by atoms with van der Waals surface area (Å²) in [5, 5.41) is 6.30. The minimum atomic E-state index is -2.21. The molecule has 34 heavy (non-hydrogen) atoms. The number of carbonyl (C=O) groups excluding carboxylic acids is 1. The van der Waals surface area contributed by atoms with Crippen LogP contribution < -0.4 is 10.9 Å². The van der Waals surface area contributed by atoms with Crippen molar-refractivity contribution in [1.29, 1.82) is 0 Å². The fraction of sp³-hybridized carbons (Fsp3) is 0.714. The van der Waals surface area contributed by atoms with E-state index < -0.39 is 20.1 Å². The zero-order chi connectivity index (χ0) is 25.4. The van der Waals surface area contributed by atoms with E-state index in [4.69, 9.17) is 14.7 Å². The number of fused-ring (bicyclic) bond motifs is 1. The highest BCUT2D eigenvalue weighted by molar-refractivity contribution is 6.74. The number of rotatable bonds is 7. The number of aromatic nitrogens is 4. The first-order valence-corrected chi connectivity index (χ1v) is 14.3. The van der Waals surface area contributed by atoms with Crippen LogP contribution in [-0.2, 0) is 14.0 Å². The van der Waals surface area contributed by atoms with Crippen LogP contribution in [0.5, 0.6) is 0 Å². The van der Waals surface area contributed by atoms with Gasteiger partial charge in [-0.25, -0.2) is 4.98 Å². The van der Waals surface area contributed by atoms with Gasteiger partial charge in [-0.3, -0.25) is 24.5 Å². The number of anilines is 1. The zero-order valence-electron chi connectivity index (χ0n) is 21.0. The van der Waals surface area contributed by atoms with Crippen molar-refractivity contribution in [2.75, 3.05) is 11.9 Å². The Kier molecular flexibility index (Phi) is 7.22. The molecule has 0 spiro atoms. The van der Waals surface area contributed by atoms with E-state index in [0.717, 1.165) is 0 Å². The highest BCUT2D eigenvalue weighted by Gasteiger charge is 2.49. The second-order valence-corrected chi connectivity index (χ2v) is 15.3. The fourth-order valence-corrected chi connectivity index (χ4v) is 4.88. The summed E-state index contributed by atoms with van der Waals surface area (Å²) in [4.78, 5) is 38.9. The third-order valence-corrected chi connectivity index (χ3v) is 11.2. The van der Waals surface area contributed by atoms with Gasteiger partial charge in [-0.05, 0) is 23.7 Å². The zero-order valence-corrected chi connectivity index (χ0v) is 22.0. The summed E-state index contributed by atoms with van der Waals surface area (Å²) in [5.74, 6) is -0.609. The van der Waals surface area contributed by atoms with Gasteiger partial charge in [0.2, 0.25) is 11.9 Å². The molecule has 13 heteroatoms. The highest BCUT2D eigenvalue weighted by atomic mass is 28.4. The number of nitrogens with one attached hydrogen (secondary N) is 2. The van der Waals surface area contributed by atoms with Crippen LogP contribution in [0.2, 0.25) is 18.1 Å². The Bertz CT molecular complexity index is 1160. The lowest BCUT2D eigenvalue weighted by atomic mass is 10.0. The van der Waals surface area contributed by atoms with Crippen LogP contribution in [0.4, 0.5) is 5.95 Å². The predicted molar refractivity (Wildman–Crippen MR) is 131 cm³/mol. The van der Waals surface area contributed by atoms with Crippen molar-refractivity contribution in [2.45, 2.75) is 78.1 Å². The van der Waals surface area contributed by atoms with Crippen molar-refractivity contribution in [2.24, 2.45) is 17.0 Å². The number of amides is 1. The van der Waals surface area contributed by atoms with Crippen LogP contribution in [-0.4, -0.2) is 52.5 Å². The molecule has 3 rings (SSSR count). The van der Waals surface area contributed by atoms with E-state index in [1.165, 1.54) is 6.33 Å². The molecule has 1 fully saturated rings. The van der Waals surface area contributed by atoms with Gasteiger partial charge < -0.3 is 9.16 Å². The molecular weight excluding hydrogens is 456 g/mol. The van der Waals surface area contributed by atoms with Gasteiger partial charge in [0, 0.05) is 16.7 Å². The van der Waals surface area contributed by atoms with Crippen molar-refractivity contribution >= 4 is 31.3 Å². The third kappa shape index (κ3) is 5.02. The first kappa shape index (κ1) is 25.9. The predicted octanol–water partition coefficient (Wildman–Crippen LogP) is 3.95. The van der Waals surface area contributed by atoms with Gasteiger partial charge in [-0.1, -0.05) is 46.7 Å². The number of carbonyl (C=O) groups is 1.